The molecule has 180 valence electrons. The van der Waals surface area contributed by atoms with E-state index >= 15 is 0 Å². The number of anilines is 2. The molecule has 5 N–H and O–H groups in total. The molecule has 1 aliphatic carbocycles. The highest BCUT2D eigenvalue weighted by molar-refractivity contribution is 6.07. The van der Waals surface area contributed by atoms with Gasteiger partial charge >= 0.3 is 6.09 Å². The molecule has 1 saturated heterocycles. The molecule has 10 heteroatoms. The quantitative estimate of drug-likeness (QED) is 0.639. The number of nitrogens with zero attached hydrogens (tertiary/aromatic N) is 4. The standard InChI is InChI=1S/C23H34FN7O2/c1-22(2,3)33-21(32)27-16-9-12-30(14-16)17-8-7-15(24)13-18(17)31-20(26)28-19(25)29-23(31)10-5-4-6-11-23/h7-8,13,16H,4-6,9-12,14H2,1-3H3,(H,27,32)(H4,25,26,28,29). The van der Waals surface area contributed by atoms with Gasteiger partial charge in [0.05, 0.1) is 17.4 Å². The molecule has 33 heavy (non-hydrogen) atoms. The zero-order valence-electron chi connectivity index (χ0n) is 19.6. The van der Waals surface area contributed by atoms with Gasteiger partial charge in [0, 0.05) is 13.1 Å². The van der Waals surface area contributed by atoms with Crippen LogP contribution < -0.4 is 26.6 Å². The van der Waals surface area contributed by atoms with Crippen molar-refractivity contribution >= 4 is 29.4 Å². The Labute approximate surface area is 194 Å². The van der Waals surface area contributed by atoms with Crippen LogP contribution in [0.15, 0.2) is 28.2 Å². The summed E-state index contributed by atoms with van der Waals surface area (Å²) in [7, 11) is 0. The van der Waals surface area contributed by atoms with Gasteiger partial charge in [0.25, 0.3) is 0 Å². The molecule has 0 bridgehead atoms. The molecule has 1 atom stereocenters. The second kappa shape index (κ2) is 8.72. The van der Waals surface area contributed by atoms with Gasteiger partial charge in [-0.3, -0.25) is 4.90 Å². The van der Waals surface area contributed by atoms with Gasteiger partial charge in [-0.15, -0.1) is 0 Å². The Balaban J connectivity index is 1.61. The number of aliphatic imine (C=N–C) groups is 2. The second-order valence-corrected chi connectivity index (χ2v) is 10.0. The fourth-order valence-electron chi connectivity index (χ4n) is 4.98. The molecule has 2 aliphatic heterocycles. The van der Waals surface area contributed by atoms with Crippen molar-refractivity contribution in [1.29, 1.82) is 0 Å². The van der Waals surface area contributed by atoms with E-state index in [2.05, 4.69) is 15.2 Å². The summed E-state index contributed by atoms with van der Waals surface area (Å²) < 4.78 is 19.9. The number of carbonyl (C=O) groups is 1. The van der Waals surface area contributed by atoms with Crippen LogP contribution in [0.2, 0.25) is 0 Å². The van der Waals surface area contributed by atoms with E-state index < -0.39 is 17.4 Å². The van der Waals surface area contributed by atoms with Crippen LogP contribution in [0.3, 0.4) is 0 Å². The molecule has 1 unspecified atom stereocenters. The molecule has 1 aromatic carbocycles. The van der Waals surface area contributed by atoms with Crippen LogP contribution in [0.4, 0.5) is 20.6 Å². The summed E-state index contributed by atoms with van der Waals surface area (Å²) in [5, 5.41) is 2.94. The van der Waals surface area contributed by atoms with E-state index in [1.165, 1.54) is 12.1 Å². The average Bonchev–Trinajstić information content (AvgIpc) is 3.14. The highest BCUT2D eigenvalue weighted by Crippen LogP contribution is 2.43. The molecule has 0 radical (unpaired) electrons. The van der Waals surface area contributed by atoms with Crippen LogP contribution in [0, 0.1) is 5.82 Å². The van der Waals surface area contributed by atoms with Crippen molar-refractivity contribution in [3.63, 3.8) is 0 Å². The van der Waals surface area contributed by atoms with E-state index in [0.29, 0.717) is 18.8 Å². The Morgan fingerprint density at radius 3 is 2.64 bits per heavy atom. The van der Waals surface area contributed by atoms with Crippen molar-refractivity contribution in [2.24, 2.45) is 21.5 Å². The normalized spacial score (nSPS) is 22.7. The zero-order valence-corrected chi connectivity index (χ0v) is 19.6. The van der Waals surface area contributed by atoms with Crippen LogP contribution in [-0.2, 0) is 4.74 Å². The van der Waals surface area contributed by atoms with E-state index in [0.717, 1.165) is 44.2 Å². The number of ether oxygens (including phenoxy) is 1. The average molecular weight is 460 g/mol. The Bertz CT molecular complexity index is 966. The fraction of sp³-hybridized carbons (Fsp3) is 0.609. The summed E-state index contributed by atoms with van der Waals surface area (Å²) in [5.41, 5.74) is 12.6. The monoisotopic (exact) mass is 459 g/mol. The van der Waals surface area contributed by atoms with E-state index in [1.807, 2.05) is 25.7 Å². The highest BCUT2D eigenvalue weighted by Gasteiger charge is 2.44. The molecule has 1 saturated carbocycles. The maximum atomic E-state index is 14.5. The highest BCUT2D eigenvalue weighted by atomic mass is 19.1. The smallest absolute Gasteiger partial charge is 0.407 e. The van der Waals surface area contributed by atoms with Gasteiger partial charge in [0.15, 0.2) is 0 Å². The summed E-state index contributed by atoms with van der Waals surface area (Å²) >= 11 is 0. The molecule has 1 amide bonds. The molecule has 4 rings (SSSR count). The van der Waals surface area contributed by atoms with E-state index in [1.54, 1.807) is 6.07 Å². The molecule has 1 spiro atoms. The molecule has 9 nitrogen and oxygen atoms in total. The number of hydrogen-bond acceptors (Lipinski definition) is 8. The van der Waals surface area contributed by atoms with E-state index in [9.17, 15) is 9.18 Å². The molecular formula is C23H34FN7O2. The summed E-state index contributed by atoms with van der Waals surface area (Å²) in [6, 6.07) is 4.60. The third-order valence-electron chi connectivity index (χ3n) is 6.28. The maximum absolute atomic E-state index is 14.5. The molecular weight excluding hydrogens is 425 g/mol. The minimum atomic E-state index is -0.662. The van der Waals surface area contributed by atoms with Gasteiger partial charge in [0.2, 0.25) is 11.9 Å². The van der Waals surface area contributed by atoms with Crippen molar-refractivity contribution in [3.8, 4) is 0 Å². The van der Waals surface area contributed by atoms with Crippen LogP contribution >= 0.6 is 0 Å². The molecule has 2 fully saturated rings. The Morgan fingerprint density at radius 1 is 1.21 bits per heavy atom. The summed E-state index contributed by atoms with van der Waals surface area (Å²) in [6.45, 7) is 6.77. The van der Waals surface area contributed by atoms with Crippen LogP contribution in [-0.4, -0.2) is 48.4 Å². The maximum Gasteiger partial charge on any atom is 0.407 e. The molecule has 0 aromatic heterocycles. The number of amides is 1. The van der Waals surface area contributed by atoms with Crippen LogP contribution in [0.1, 0.15) is 59.3 Å². The van der Waals surface area contributed by atoms with Gasteiger partial charge in [0.1, 0.15) is 17.1 Å². The lowest BCUT2D eigenvalue weighted by Crippen LogP contribution is -2.58. The van der Waals surface area contributed by atoms with Crippen molar-refractivity contribution in [3.05, 3.63) is 24.0 Å². The predicted octanol–water partition coefficient (Wildman–Crippen LogP) is 3.04. The molecule has 2 heterocycles. The summed E-state index contributed by atoms with van der Waals surface area (Å²) in [5.74, 6) is 0.0166. The van der Waals surface area contributed by atoms with Crippen molar-refractivity contribution in [1.82, 2.24) is 5.32 Å². The first-order chi connectivity index (χ1) is 15.6. The number of carbonyl (C=O) groups excluding carboxylic acids is 1. The lowest BCUT2D eigenvalue weighted by atomic mass is 9.87. The summed E-state index contributed by atoms with van der Waals surface area (Å²) in [6.07, 6.45) is 4.92. The van der Waals surface area contributed by atoms with Crippen molar-refractivity contribution < 1.29 is 13.9 Å². The number of nitrogens with two attached hydrogens (primary N) is 2. The first kappa shape index (κ1) is 23.1. The Morgan fingerprint density at radius 2 is 1.94 bits per heavy atom. The summed E-state index contributed by atoms with van der Waals surface area (Å²) in [4.78, 5) is 25.1. The third-order valence-corrected chi connectivity index (χ3v) is 6.28. The number of alkyl carbamates (subject to hydrolysis) is 1. The lowest BCUT2D eigenvalue weighted by Gasteiger charge is -2.46. The number of benzene rings is 1. The molecule has 1 aromatic rings. The van der Waals surface area contributed by atoms with E-state index in [4.69, 9.17) is 21.2 Å². The van der Waals surface area contributed by atoms with Gasteiger partial charge < -0.3 is 26.4 Å². The van der Waals surface area contributed by atoms with Crippen molar-refractivity contribution in [2.45, 2.75) is 76.6 Å². The van der Waals surface area contributed by atoms with Gasteiger partial charge in [-0.2, -0.15) is 4.99 Å². The lowest BCUT2D eigenvalue weighted by molar-refractivity contribution is 0.0509. The number of halogens is 1. The van der Waals surface area contributed by atoms with Gasteiger partial charge in [-0.25, -0.2) is 14.2 Å². The topological polar surface area (TPSA) is 122 Å². The van der Waals surface area contributed by atoms with Gasteiger partial charge in [-0.1, -0.05) is 6.42 Å². The number of rotatable bonds is 3. The number of guanidine groups is 2. The van der Waals surface area contributed by atoms with Crippen LogP contribution in [0.5, 0.6) is 0 Å². The fourth-order valence-corrected chi connectivity index (χ4v) is 4.98. The third kappa shape index (κ3) is 4.99. The van der Waals surface area contributed by atoms with Crippen LogP contribution in [0.25, 0.3) is 0 Å². The number of nitrogens with one attached hydrogen (secondary N) is 1. The van der Waals surface area contributed by atoms with Gasteiger partial charge in [-0.05, 0) is 71.1 Å². The number of hydrogen-bond donors (Lipinski definition) is 3. The Hall–Kier alpha value is -3.04. The molecule has 3 aliphatic rings. The zero-order chi connectivity index (χ0) is 23.8. The first-order valence-corrected chi connectivity index (χ1v) is 11.6. The van der Waals surface area contributed by atoms with Crippen molar-refractivity contribution in [2.75, 3.05) is 22.9 Å². The SMILES string of the molecule is CC(C)(C)OC(=O)NC1CCN(c2ccc(F)cc2N2C(N)=NC(N)=NC23CCCCC3)C1. The van der Waals surface area contributed by atoms with E-state index in [-0.39, 0.29) is 23.8 Å². The largest absolute Gasteiger partial charge is 0.444 e. The Kier molecular flexibility index (Phi) is 6.11. The minimum Gasteiger partial charge on any atom is -0.444 e. The minimum absolute atomic E-state index is 0.0811. The first-order valence-electron chi connectivity index (χ1n) is 11.6. The predicted molar refractivity (Wildman–Crippen MR) is 128 cm³/mol. The second-order valence-electron chi connectivity index (χ2n) is 10.0.